The molecule has 3 aliphatic rings. The fraction of sp³-hybridized carbons (Fsp3) is 0.200. The van der Waals surface area contributed by atoms with Crippen LogP contribution in [0.4, 0.5) is 0 Å². The summed E-state index contributed by atoms with van der Waals surface area (Å²) in [5.74, 6) is 0. The molecular weight excluding hydrogens is 240 g/mol. The lowest BCUT2D eigenvalue weighted by Gasteiger charge is -2.08. The van der Waals surface area contributed by atoms with Gasteiger partial charge in [-0.1, -0.05) is 69.0 Å². The molecule has 0 aliphatic heterocycles. The Balaban J connectivity index is 0.000000581. The molecule has 0 aromatic heterocycles. The summed E-state index contributed by atoms with van der Waals surface area (Å²) in [6.07, 6.45) is 13.1. The third-order valence-electron chi connectivity index (χ3n) is 3.92. The van der Waals surface area contributed by atoms with Gasteiger partial charge < -0.3 is 0 Å². The zero-order valence-electron chi connectivity index (χ0n) is 12.2. The molecule has 4 rings (SSSR count). The van der Waals surface area contributed by atoms with Crippen LogP contribution >= 0.6 is 0 Å². The molecule has 0 saturated heterocycles. The van der Waals surface area contributed by atoms with Crippen molar-refractivity contribution in [3.8, 4) is 0 Å². The molecule has 0 saturated carbocycles. The van der Waals surface area contributed by atoms with Gasteiger partial charge in [0.25, 0.3) is 0 Å². The smallest absolute Gasteiger partial charge is 0.00636 e. The first-order chi connectivity index (χ1) is 9.90. The van der Waals surface area contributed by atoms with Gasteiger partial charge in [-0.15, -0.1) is 0 Å². The Kier molecular flexibility index (Phi) is 3.31. The Morgan fingerprint density at radius 2 is 1.95 bits per heavy atom. The molecule has 0 amide bonds. The van der Waals surface area contributed by atoms with Crippen molar-refractivity contribution in [2.45, 2.75) is 26.7 Å². The molecule has 0 nitrogen and oxygen atoms in total. The van der Waals surface area contributed by atoms with Crippen molar-refractivity contribution in [1.29, 1.82) is 0 Å². The fourth-order valence-electron chi connectivity index (χ4n) is 3.06. The van der Waals surface area contributed by atoms with Crippen molar-refractivity contribution < 1.29 is 0 Å². The molecule has 0 unspecified atom stereocenters. The maximum absolute atomic E-state index is 4.02. The molecule has 3 aliphatic carbocycles. The number of rotatable bonds is 2. The van der Waals surface area contributed by atoms with Gasteiger partial charge in [0.2, 0.25) is 0 Å². The van der Waals surface area contributed by atoms with Crippen LogP contribution in [0, 0.1) is 0 Å². The highest BCUT2D eigenvalue weighted by Crippen LogP contribution is 2.50. The van der Waals surface area contributed by atoms with Gasteiger partial charge in [0.15, 0.2) is 0 Å². The van der Waals surface area contributed by atoms with Crippen LogP contribution in [0.3, 0.4) is 0 Å². The van der Waals surface area contributed by atoms with Crippen LogP contribution in [-0.4, -0.2) is 0 Å². The number of allylic oxidation sites excluding steroid dienone is 9. The van der Waals surface area contributed by atoms with E-state index < -0.39 is 0 Å². The van der Waals surface area contributed by atoms with Crippen LogP contribution in [0.2, 0.25) is 0 Å². The minimum absolute atomic E-state index is 1.03. The minimum atomic E-state index is 1.03. The summed E-state index contributed by atoms with van der Waals surface area (Å²) >= 11 is 0. The lowest BCUT2D eigenvalue weighted by molar-refractivity contribution is 1.26. The quantitative estimate of drug-likeness (QED) is 0.659. The van der Waals surface area contributed by atoms with E-state index in [0.29, 0.717) is 0 Å². The third-order valence-corrected chi connectivity index (χ3v) is 3.92. The van der Waals surface area contributed by atoms with Gasteiger partial charge in [0.1, 0.15) is 0 Å². The predicted molar refractivity (Wildman–Crippen MR) is 88.4 cm³/mol. The first kappa shape index (κ1) is 12.9. The van der Waals surface area contributed by atoms with Crippen molar-refractivity contribution in [2.75, 3.05) is 0 Å². The van der Waals surface area contributed by atoms with Crippen molar-refractivity contribution >= 4 is 11.1 Å². The van der Waals surface area contributed by atoms with E-state index in [1.807, 2.05) is 19.9 Å². The van der Waals surface area contributed by atoms with Crippen LogP contribution in [0.1, 0.15) is 37.0 Å². The van der Waals surface area contributed by atoms with E-state index in [4.69, 9.17) is 0 Å². The topological polar surface area (TPSA) is 0 Å². The molecule has 100 valence electrons. The van der Waals surface area contributed by atoms with Crippen molar-refractivity contribution in [3.63, 3.8) is 0 Å². The van der Waals surface area contributed by atoms with Gasteiger partial charge in [0.05, 0.1) is 0 Å². The zero-order chi connectivity index (χ0) is 14.1. The second-order valence-electron chi connectivity index (χ2n) is 4.98. The molecule has 1 aromatic rings. The summed E-state index contributed by atoms with van der Waals surface area (Å²) in [6, 6.07) is 6.68. The maximum Gasteiger partial charge on any atom is -0.00636 e. The standard InChI is InChI=1S/C18H14.C2H6/c1-2-14-15-8-4-3-6-12-7-5-9-16(18(12)15)17(14)13-10-11-13;1-2/h2-5,7-10H,1,6,11H2;1-2H3. The van der Waals surface area contributed by atoms with Crippen molar-refractivity contribution in [2.24, 2.45) is 0 Å². The van der Waals surface area contributed by atoms with Crippen molar-refractivity contribution in [1.82, 2.24) is 0 Å². The van der Waals surface area contributed by atoms with Gasteiger partial charge in [-0.2, -0.15) is 0 Å². The molecule has 0 spiro atoms. The monoisotopic (exact) mass is 260 g/mol. The maximum atomic E-state index is 4.02. The van der Waals surface area contributed by atoms with E-state index in [9.17, 15) is 0 Å². The van der Waals surface area contributed by atoms with Crippen LogP contribution in [0.15, 0.2) is 66.3 Å². The second-order valence-corrected chi connectivity index (χ2v) is 4.98. The Labute approximate surface area is 121 Å². The summed E-state index contributed by atoms with van der Waals surface area (Å²) < 4.78 is 0. The fourth-order valence-corrected chi connectivity index (χ4v) is 3.06. The van der Waals surface area contributed by atoms with Gasteiger partial charge in [-0.05, 0) is 51.8 Å². The predicted octanol–water partition coefficient (Wildman–Crippen LogP) is 5.49. The molecule has 0 bridgehead atoms. The SMILES string of the molecule is C=CC1=C(C2=CC2)c2cccc3c2C1=CC=CC3.CC. The van der Waals surface area contributed by atoms with Crippen LogP contribution in [0.25, 0.3) is 11.1 Å². The van der Waals surface area contributed by atoms with Crippen LogP contribution in [0.5, 0.6) is 0 Å². The Morgan fingerprint density at radius 1 is 1.15 bits per heavy atom. The third kappa shape index (κ3) is 1.84. The number of benzene rings is 1. The van der Waals surface area contributed by atoms with Crippen LogP contribution in [-0.2, 0) is 6.42 Å². The lowest BCUT2D eigenvalue weighted by Crippen LogP contribution is -1.91. The Bertz CT molecular complexity index is 691. The summed E-state index contributed by atoms with van der Waals surface area (Å²) in [5.41, 5.74) is 9.84. The molecule has 0 fully saturated rings. The highest BCUT2D eigenvalue weighted by molar-refractivity contribution is 6.08. The molecular formula is C20H20. The van der Waals surface area contributed by atoms with Gasteiger partial charge >= 0.3 is 0 Å². The zero-order valence-corrected chi connectivity index (χ0v) is 12.2. The first-order valence-corrected chi connectivity index (χ1v) is 7.46. The Hall–Kier alpha value is -2.08. The average Bonchev–Trinajstić information content (AvgIpc) is 3.29. The highest BCUT2D eigenvalue weighted by Gasteiger charge is 2.30. The van der Waals surface area contributed by atoms with E-state index in [1.54, 1.807) is 0 Å². The van der Waals surface area contributed by atoms with Crippen LogP contribution < -0.4 is 0 Å². The van der Waals surface area contributed by atoms with E-state index >= 15 is 0 Å². The normalized spacial score (nSPS) is 17.5. The summed E-state index contributed by atoms with van der Waals surface area (Å²) in [7, 11) is 0. The van der Waals surface area contributed by atoms with Gasteiger partial charge in [-0.25, -0.2) is 0 Å². The molecule has 1 aromatic carbocycles. The molecule has 0 N–H and O–H groups in total. The van der Waals surface area contributed by atoms with Gasteiger partial charge in [0, 0.05) is 0 Å². The number of hydrogen-bond acceptors (Lipinski definition) is 0. The highest BCUT2D eigenvalue weighted by atomic mass is 14.3. The van der Waals surface area contributed by atoms with E-state index in [2.05, 4.69) is 49.1 Å². The van der Waals surface area contributed by atoms with Crippen molar-refractivity contribution in [3.05, 3.63) is 83.0 Å². The average molecular weight is 260 g/mol. The largest absolute Gasteiger partial charge is 0.0984 e. The lowest BCUT2D eigenvalue weighted by atomic mass is 9.96. The summed E-state index contributed by atoms with van der Waals surface area (Å²) in [4.78, 5) is 0. The van der Waals surface area contributed by atoms with E-state index in [1.165, 1.54) is 39.0 Å². The molecule has 0 radical (unpaired) electrons. The molecule has 0 heteroatoms. The first-order valence-electron chi connectivity index (χ1n) is 7.46. The van der Waals surface area contributed by atoms with E-state index in [-0.39, 0.29) is 0 Å². The van der Waals surface area contributed by atoms with Gasteiger partial charge in [-0.3, -0.25) is 0 Å². The summed E-state index contributed by atoms with van der Waals surface area (Å²) in [6.45, 7) is 8.02. The number of hydrogen-bond donors (Lipinski definition) is 0. The minimum Gasteiger partial charge on any atom is -0.0984 e. The Morgan fingerprint density at radius 3 is 2.65 bits per heavy atom. The van der Waals surface area contributed by atoms with E-state index in [0.717, 1.165) is 12.8 Å². The molecule has 0 heterocycles. The molecule has 0 atom stereocenters. The molecule has 20 heavy (non-hydrogen) atoms. The summed E-state index contributed by atoms with van der Waals surface area (Å²) in [5, 5.41) is 0. The second kappa shape index (κ2) is 5.13.